The molecule has 2 fully saturated rings. The van der Waals surface area contributed by atoms with Crippen LogP contribution in [0.2, 0.25) is 5.02 Å². The molecule has 0 radical (unpaired) electrons. The molecular weight excluding hydrogens is 444 g/mol. The lowest BCUT2D eigenvalue weighted by atomic mass is 9.82. The normalized spacial score (nSPS) is 23.6. The van der Waals surface area contributed by atoms with Crippen molar-refractivity contribution in [1.82, 2.24) is 20.0 Å². The van der Waals surface area contributed by atoms with E-state index in [0.29, 0.717) is 42.6 Å². The van der Waals surface area contributed by atoms with Crippen LogP contribution in [0.25, 0.3) is 0 Å². The van der Waals surface area contributed by atoms with Gasteiger partial charge in [0.15, 0.2) is 0 Å². The minimum absolute atomic E-state index is 0.0748. The quantitative estimate of drug-likeness (QED) is 0.675. The second-order valence-electron chi connectivity index (χ2n) is 9.59. The summed E-state index contributed by atoms with van der Waals surface area (Å²) in [7, 11) is 0. The Hall–Kier alpha value is -2.16. The molecule has 2 aromatic rings. The van der Waals surface area contributed by atoms with E-state index in [-0.39, 0.29) is 30.3 Å². The Labute approximate surface area is 199 Å². The van der Waals surface area contributed by atoms with Gasteiger partial charge < -0.3 is 19.2 Å². The number of carbonyl (C=O) groups excluding carboxylic acids is 1. The molecular formula is C24H33ClN4O4. The number of amides is 1. The Kier molecular flexibility index (Phi) is 7.26. The molecule has 1 N–H and O–H groups in total. The molecule has 1 aliphatic heterocycles. The lowest BCUT2D eigenvalue weighted by molar-refractivity contribution is 0.0349. The summed E-state index contributed by atoms with van der Waals surface area (Å²) in [4.78, 5) is 16.5. The van der Waals surface area contributed by atoms with Gasteiger partial charge in [0.2, 0.25) is 11.8 Å². The van der Waals surface area contributed by atoms with Crippen LogP contribution in [0, 0.1) is 6.92 Å². The highest BCUT2D eigenvalue weighted by atomic mass is 35.5. The largest absolute Gasteiger partial charge is 0.447 e. The Balaban J connectivity index is 1.41. The molecule has 1 aromatic heterocycles. The zero-order chi connectivity index (χ0) is 23.7. The van der Waals surface area contributed by atoms with Gasteiger partial charge in [-0.3, -0.25) is 4.90 Å². The number of aliphatic hydroxyl groups is 1. The first-order valence-electron chi connectivity index (χ1n) is 11.7. The minimum Gasteiger partial charge on any atom is -0.447 e. The van der Waals surface area contributed by atoms with Crippen molar-refractivity contribution in [3.63, 3.8) is 0 Å². The van der Waals surface area contributed by atoms with E-state index in [1.54, 1.807) is 4.90 Å². The number of ether oxygens (including phenoxy) is 1. The Morgan fingerprint density at radius 1 is 1.27 bits per heavy atom. The van der Waals surface area contributed by atoms with Crippen LogP contribution in [0.4, 0.5) is 4.79 Å². The number of nitrogens with zero attached hydrogens (tertiary/aromatic N) is 4. The molecule has 1 atom stereocenters. The van der Waals surface area contributed by atoms with E-state index in [0.717, 1.165) is 36.3 Å². The number of benzene rings is 1. The smallest absolute Gasteiger partial charge is 0.410 e. The average molecular weight is 477 g/mol. The van der Waals surface area contributed by atoms with Crippen LogP contribution >= 0.6 is 11.6 Å². The fraction of sp³-hybridized carbons (Fsp3) is 0.625. The lowest BCUT2D eigenvalue weighted by Crippen LogP contribution is -2.54. The van der Waals surface area contributed by atoms with Gasteiger partial charge in [-0.25, -0.2) is 4.79 Å². The lowest BCUT2D eigenvalue weighted by Gasteiger charge is -2.39. The van der Waals surface area contributed by atoms with Crippen LogP contribution in [0.3, 0.4) is 0 Å². The summed E-state index contributed by atoms with van der Waals surface area (Å²) < 4.78 is 11.2. The molecule has 1 aliphatic carbocycles. The third-order valence-electron chi connectivity index (χ3n) is 6.55. The van der Waals surface area contributed by atoms with Crippen LogP contribution in [0.5, 0.6) is 0 Å². The molecule has 8 nitrogen and oxygen atoms in total. The second-order valence-corrected chi connectivity index (χ2v) is 10.0. The molecule has 33 heavy (non-hydrogen) atoms. The highest BCUT2D eigenvalue weighted by Gasteiger charge is 2.33. The van der Waals surface area contributed by atoms with E-state index in [2.05, 4.69) is 28.9 Å². The number of rotatable bonds is 6. The Morgan fingerprint density at radius 3 is 2.67 bits per heavy atom. The van der Waals surface area contributed by atoms with Crippen molar-refractivity contribution in [2.75, 3.05) is 19.6 Å². The SMILES string of the molecule is Cc1c(Cc2nnc(C3CC(O)C3)o2)cc(Cl)cc1CN1CCN(C(=O)OC(C)C)[C@@H](C)C1. The molecule has 4 rings (SSSR count). The number of aliphatic hydroxyl groups excluding tert-OH is 1. The van der Waals surface area contributed by atoms with E-state index in [9.17, 15) is 9.90 Å². The summed E-state index contributed by atoms with van der Waals surface area (Å²) >= 11 is 6.47. The van der Waals surface area contributed by atoms with Gasteiger partial charge in [0.25, 0.3) is 0 Å². The molecule has 0 bridgehead atoms. The van der Waals surface area contributed by atoms with E-state index in [1.165, 1.54) is 0 Å². The maximum atomic E-state index is 12.3. The number of hydrogen-bond donors (Lipinski definition) is 1. The van der Waals surface area contributed by atoms with E-state index >= 15 is 0 Å². The van der Waals surface area contributed by atoms with Crippen LogP contribution in [0.15, 0.2) is 16.5 Å². The van der Waals surface area contributed by atoms with Gasteiger partial charge in [0, 0.05) is 43.2 Å². The van der Waals surface area contributed by atoms with Crippen molar-refractivity contribution in [1.29, 1.82) is 0 Å². The summed E-state index contributed by atoms with van der Waals surface area (Å²) in [5.74, 6) is 1.34. The summed E-state index contributed by atoms with van der Waals surface area (Å²) in [6.45, 7) is 10.8. The fourth-order valence-corrected chi connectivity index (χ4v) is 4.82. The minimum atomic E-state index is -0.256. The van der Waals surface area contributed by atoms with Crippen molar-refractivity contribution in [3.05, 3.63) is 45.6 Å². The number of hydrogen-bond acceptors (Lipinski definition) is 7. The molecule has 0 unspecified atom stereocenters. The highest BCUT2D eigenvalue weighted by molar-refractivity contribution is 6.30. The van der Waals surface area contributed by atoms with E-state index in [1.807, 2.05) is 26.0 Å². The Morgan fingerprint density at radius 2 is 2.00 bits per heavy atom. The van der Waals surface area contributed by atoms with Gasteiger partial charge in [0.1, 0.15) is 0 Å². The zero-order valence-electron chi connectivity index (χ0n) is 19.8. The average Bonchev–Trinajstić information content (AvgIpc) is 3.16. The Bertz CT molecular complexity index is 989. The van der Waals surface area contributed by atoms with Crippen molar-refractivity contribution in [2.24, 2.45) is 0 Å². The molecule has 1 saturated heterocycles. The molecule has 1 saturated carbocycles. The van der Waals surface area contributed by atoms with Gasteiger partial charge in [-0.1, -0.05) is 11.6 Å². The van der Waals surface area contributed by atoms with Gasteiger partial charge in [-0.2, -0.15) is 0 Å². The van der Waals surface area contributed by atoms with Gasteiger partial charge >= 0.3 is 6.09 Å². The summed E-state index contributed by atoms with van der Waals surface area (Å²) in [6.07, 6.45) is 1.27. The number of carbonyl (C=O) groups is 1. The number of halogens is 1. The molecule has 2 aliphatic rings. The predicted octanol–water partition coefficient (Wildman–Crippen LogP) is 3.91. The van der Waals surface area contributed by atoms with Crippen molar-refractivity contribution in [2.45, 2.75) is 77.7 Å². The monoisotopic (exact) mass is 476 g/mol. The van der Waals surface area contributed by atoms with Crippen molar-refractivity contribution in [3.8, 4) is 0 Å². The maximum Gasteiger partial charge on any atom is 0.410 e. The summed E-state index contributed by atoms with van der Waals surface area (Å²) in [5.41, 5.74) is 3.38. The van der Waals surface area contributed by atoms with Crippen LogP contribution in [-0.2, 0) is 17.7 Å². The molecule has 2 heterocycles. The first-order chi connectivity index (χ1) is 15.7. The third-order valence-corrected chi connectivity index (χ3v) is 6.77. The number of piperazine rings is 1. The maximum absolute atomic E-state index is 12.3. The second kappa shape index (κ2) is 9.99. The first kappa shape index (κ1) is 24.0. The number of aromatic nitrogens is 2. The summed E-state index contributed by atoms with van der Waals surface area (Å²) in [5, 5.41) is 18.6. The van der Waals surface area contributed by atoms with Crippen LogP contribution in [0.1, 0.15) is 68.0 Å². The molecule has 9 heteroatoms. The third kappa shape index (κ3) is 5.67. The van der Waals surface area contributed by atoms with Crippen molar-refractivity contribution < 1.29 is 19.1 Å². The van der Waals surface area contributed by atoms with E-state index < -0.39 is 0 Å². The van der Waals surface area contributed by atoms with Gasteiger partial charge in [0.05, 0.1) is 18.6 Å². The summed E-state index contributed by atoms with van der Waals surface area (Å²) in [6, 6.07) is 4.05. The van der Waals surface area contributed by atoms with Crippen LogP contribution < -0.4 is 0 Å². The van der Waals surface area contributed by atoms with Gasteiger partial charge in [-0.15, -0.1) is 10.2 Å². The topological polar surface area (TPSA) is 91.9 Å². The molecule has 180 valence electrons. The molecule has 1 aromatic carbocycles. The first-order valence-corrected chi connectivity index (χ1v) is 12.0. The van der Waals surface area contributed by atoms with Gasteiger partial charge in [-0.05, 0) is 69.4 Å². The zero-order valence-corrected chi connectivity index (χ0v) is 20.5. The molecule has 1 amide bonds. The van der Waals surface area contributed by atoms with E-state index in [4.69, 9.17) is 20.8 Å². The highest BCUT2D eigenvalue weighted by Crippen LogP contribution is 2.36. The predicted molar refractivity (Wildman–Crippen MR) is 124 cm³/mol. The van der Waals surface area contributed by atoms with Crippen molar-refractivity contribution >= 4 is 17.7 Å². The van der Waals surface area contributed by atoms with Crippen LogP contribution in [-0.4, -0.2) is 69.1 Å². The molecule has 0 spiro atoms. The standard InChI is InChI=1S/C24H33ClN4O4/c1-14(2)32-24(31)29-6-5-28(12-15(29)3)13-19-8-20(25)7-17(16(19)4)11-22-26-27-23(33-22)18-9-21(30)10-18/h7-8,14-15,18,21,30H,5-6,9-13H2,1-4H3/t15-,18?,21?/m0/s1. The fourth-order valence-electron chi connectivity index (χ4n) is 4.56.